The number of hydrogen-bond donors (Lipinski definition) is 3. The highest BCUT2D eigenvalue weighted by molar-refractivity contribution is 6.04. The number of hydrogen-bond acceptors (Lipinski definition) is 4. The molecule has 0 aliphatic rings. The highest BCUT2D eigenvalue weighted by atomic mass is 16.5. The Bertz CT molecular complexity index is 888. The molecule has 0 atom stereocenters. The van der Waals surface area contributed by atoms with Crippen molar-refractivity contribution >= 4 is 23.3 Å². The molecule has 0 saturated carbocycles. The Hall–Kier alpha value is -3.74. The number of furan rings is 1. The molecule has 0 fully saturated rings. The first kappa shape index (κ1) is 18.1. The molecule has 27 heavy (non-hydrogen) atoms. The topological polar surface area (TPSA) is 92.6 Å². The van der Waals surface area contributed by atoms with Gasteiger partial charge in [-0.15, -0.1) is 0 Å². The quantitative estimate of drug-likeness (QED) is 0.618. The lowest BCUT2D eigenvalue weighted by Gasteiger charge is -2.09. The van der Waals surface area contributed by atoms with E-state index in [9.17, 15) is 9.59 Å². The normalized spacial score (nSPS) is 10.1. The minimum Gasteiger partial charge on any atom is -0.497 e. The summed E-state index contributed by atoms with van der Waals surface area (Å²) >= 11 is 0. The monoisotopic (exact) mass is 365 g/mol. The molecule has 3 N–H and O–H groups in total. The van der Waals surface area contributed by atoms with Gasteiger partial charge in [0.1, 0.15) is 5.75 Å². The van der Waals surface area contributed by atoms with Gasteiger partial charge in [0.15, 0.2) is 0 Å². The number of carbonyl (C=O) groups excluding carboxylic acids is 2. The van der Waals surface area contributed by atoms with E-state index >= 15 is 0 Å². The summed E-state index contributed by atoms with van der Waals surface area (Å²) in [7, 11) is 1.58. The van der Waals surface area contributed by atoms with Crippen molar-refractivity contribution in [1.29, 1.82) is 0 Å². The summed E-state index contributed by atoms with van der Waals surface area (Å²) in [6.45, 7) is 0.366. The number of methoxy groups -OCH3 is 1. The summed E-state index contributed by atoms with van der Waals surface area (Å²) in [5, 5.41) is 8.22. The van der Waals surface area contributed by atoms with E-state index in [1.807, 2.05) is 0 Å². The third-order valence-corrected chi connectivity index (χ3v) is 3.79. The molecule has 7 heteroatoms. The van der Waals surface area contributed by atoms with Gasteiger partial charge in [0, 0.05) is 29.0 Å². The van der Waals surface area contributed by atoms with Crippen molar-refractivity contribution in [2.75, 3.05) is 17.7 Å². The molecule has 0 spiro atoms. The van der Waals surface area contributed by atoms with Gasteiger partial charge < -0.3 is 25.1 Å². The highest BCUT2D eigenvalue weighted by Crippen LogP contribution is 2.16. The van der Waals surface area contributed by atoms with Crippen LogP contribution in [0.1, 0.15) is 15.9 Å². The van der Waals surface area contributed by atoms with Gasteiger partial charge in [-0.3, -0.25) is 4.79 Å². The molecular formula is C20H19N3O4. The van der Waals surface area contributed by atoms with E-state index in [0.29, 0.717) is 23.5 Å². The molecule has 7 nitrogen and oxygen atoms in total. The predicted octanol–water partition coefficient (Wildman–Crippen LogP) is 3.86. The fourth-order valence-electron chi connectivity index (χ4n) is 2.33. The lowest BCUT2D eigenvalue weighted by atomic mass is 10.2. The second-order valence-corrected chi connectivity index (χ2v) is 5.70. The SMILES string of the molecule is COc1ccc(NC(=O)c2ccc(NC(=O)NCc3ccoc3)cc2)cc1. The average Bonchev–Trinajstić information content (AvgIpc) is 3.21. The standard InChI is InChI=1S/C20H19N3O4/c1-26-18-8-6-16(7-9-18)22-19(24)15-2-4-17(5-3-15)23-20(25)21-12-14-10-11-27-13-14/h2-11,13H,12H2,1H3,(H,22,24)(H2,21,23,25). The largest absolute Gasteiger partial charge is 0.497 e. The molecule has 0 aliphatic heterocycles. The third-order valence-electron chi connectivity index (χ3n) is 3.79. The second-order valence-electron chi connectivity index (χ2n) is 5.70. The Kier molecular flexibility index (Phi) is 5.73. The summed E-state index contributed by atoms with van der Waals surface area (Å²) in [5.74, 6) is 0.477. The second kappa shape index (κ2) is 8.57. The van der Waals surface area contributed by atoms with Crippen molar-refractivity contribution in [3.63, 3.8) is 0 Å². The predicted molar refractivity (Wildman–Crippen MR) is 102 cm³/mol. The van der Waals surface area contributed by atoms with E-state index in [4.69, 9.17) is 9.15 Å². The maximum atomic E-state index is 12.3. The van der Waals surface area contributed by atoms with Crippen molar-refractivity contribution in [2.24, 2.45) is 0 Å². The van der Waals surface area contributed by atoms with Crippen LogP contribution in [-0.2, 0) is 6.54 Å². The summed E-state index contributed by atoms with van der Waals surface area (Å²) in [6, 6.07) is 15.1. The molecule has 0 saturated heterocycles. The van der Waals surface area contributed by atoms with E-state index in [1.165, 1.54) is 0 Å². The Labute approximate surface area is 156 Å². The van der Waals surface area contributed by atoms with E-state index in [1.54, 1.807) is 74.2 Å². The molecule has 3 rings (SSSR count). The van der Waals surface area contributed by atoms with Crippen LogP contribution < -0.4 is 20.7 Å². The van der Waals surface area contributed by atoms with Gasteiger partial charge in [0.2, 0.25) is 0 Å². The Morgan fingerprint density at radius 2 is 1.59 bits per heavy atom. The van der Waals surface area contributed by atoms with Crippen molar-refractivity contribution in [1.82, 2.24) is 5.32 Å². The van der Waals surface area contributed by atoms with E-state index in [0.717, 1.165) is 11.3 Å². The van der Waals surface area contributed by atoms with Crippen LogP contribution in [0.4, 0.5) is 16.2 Å². The van der Waals surface area contributed by atoms with Crippen LogP contribution in [0.25, 0.3) is 0 Å². The van der Waals surface area contributed by atoms with Crippen LogP contribution in [0.15, 0.2) is 71.5 Å². The first-order valence-corrected chi connectivity index (χ1v) is 8.25. The van der Waals surface area contributed by atoms with Gasteiger partial charge in [-0.2, -0.15) is 0 Å². The summed E-state index contributed by atoms with van der Waals surface area (Å²) in [5.41, 5.74) is 2.60. The third kappa shape index (κ3) is 5.12. The molecule has 2 aromatic carbocycles. The highest BCUT2D eigenvalue weighted by Gasteiger charge is 2.07. The van der Waals surface area contributed by atoms with E-state index in [2.05, 4.69) is 16.0 Å². The lowest BCUT2D eigenvalue weighted by molar-refractivity contribution is 0.102. The van der Waals surface area contributed by atoms with Crippen LogP contribution in [0.3, 0.4) is 0 Å². The minimum absolute atomic E-state index is 0.240. The molecule has 3 amide bonds. The average molecular weight is 365 g/mol. The van der Waals surface area contributed by atoms with Crippen molar-refractivity contribution < 1.29 is 18.7 Å². The zero-order chi connectivity index (χ0) is 19.1. The van der Waals surface area contributed by atoms with Crippen LogP contribution in [0.5, 0.6) is 5.75 Å². The van der Waals surface area contributed by atoms with E-state index in [-0.39, 0.29) is 11.9 Å². The van der Waals surface area contributed by atoms with Crippen molar-refractivity contribution in [3.05, 3.63) is 78.3 Å². The fourth-order valence-corrected chi connectivity index (χ4v) is 2.33. The number of carbonyl (C=O) groups is 2. The van der Waals surface area contributed by atoms with Crippen molar-refractivity contribution in [3.8, 4) is 5.75 Å². The number of rotatable bonds is 6. The first-order valence-electron chi connectivity index (χ1n) is 8.25. The zero-order valence-corrected chi connectivity index (χ0v) is 14.7. The Morgan fingerprint density at radius 1 is 0.926 bits per heavy atom. The zero-order valence-electron chi connectivity index (χ0n) is 14.7. The van der Waals surface area contributed by atoms with Crippen molar-refractivity contribution in [2.45, 2.75) is 6.54 Å². The lowest BCUT2D eigenvalue weighted by Crippen LogP contribution is -2.28. The van der Waals surface area contributed by atoms with Crippen LogP contribution in [0, 0.1) is 0 Å². The number of amides is 3. The molecule has 0 radical (unpaired) electrons. The molecule has 138 valence electrons. The minimum atomic E-state index is -0.341. The summed E-state index contributed by atoms with van der Waals surface area (Å²) < 4.78 is 10.0. The number of urea groups is 1. The molecule has 0 bridgehead atoms. The van der Waals surface area contributed by atoms with Gasteiger partial charge in [0.25, 0.3) is 5.91 Å². The Balaban J connectivity index is 1.52. The van der Waals surface area contributed by atoms with Crippen LogP contribution in [0.2, 0.25) is 0 Å². The molecule has 3 aromatic rings. The fraction of sp³-hybridized carbons (Fsp3) is 0.100. The number of nitrogens with one attached hydrogen (secondary N) is 3. The van der Waals surface area contributed by atoms with Gasteiger partial charge in [-0.25, -0.2) is 4.79 Å². The number of benzene rings is 2. The van der Waals surface area contributed by atoms with Gasteiger partial charge in [0.05, 0.1) is 19.6 Å². The molecule has 0 aliphatic carbocycles. The van der Waals surface area contributed by atoms with Gasteiger partial charge in [-0.05, 0) is 54.6 Å². The summed E-state index contributed by atoms with van der Waals surface area (Å²) in [4.78, 5) is 24.2. The molecule has 1 heterocycles. The summed E-state index contributed by atoms with van der Waals surface area (Å²) in [6.07, 6.45) is 3.11. The first-order chi connectivity index (χ1) is 13.1. The van der Waals surface area contributed by atoms with Crippen LogP contribution >= 0.6 is 0 Å². The molecule has 0 unspecified atom stereocenters. The maximum Gasteiger partial charge on any atom is 0.319 e. The van der Waals surface area contributed by atoms with E-state index < -0.39 is 0 Å². The smallest absolute Gasteiger partial charge is 0.319 e. The van der Waals surface area contributed by atoms with Crippen LogP contribution in [-0.4, -0.2) is 19.0 Å². The van der Waals surface area contributed by atoms with Gasteiger partial charge >= 0.3 is 6.03 Å². The number of anilines is 2. The number of ether oxygens (including phenoxy) is 1. The van der Waals surface area contributed by atoms with Gasteiger partial charge in [-0.1, -0.05) is 0 Å². The maximum absolute atomic E-state index is 12.3. The molecular weight excluding hydrogens is 346 g/mol. The molecule has 1 aromatic heterocycles. The Morgan fingerprint density at radius 3 is 2.22 bits per heavy atom.